The van der Waals surface area contributed by atoms with E-state index < -0.39 is 6.04 Å². The summed E-state index contributed by atoms with van der Waals surface area (Å²) in [6, 6.07) is 20.6. The Morgan fingerprint density at radius 1 is 0.923 bits per heavy atom. The molecule has 0 fully saturated rings. The second-order valence-electron chi connectivity index (χ2n) is 6.67. The highest BCUT2D eigenvalue weighted by atomic mass is 16.2. The van der Waals surface area contributed by atoms with Crippen LogP contribution in [0.4, 0.5) is 5.69 Å². The first-order chi connectivity index (χ1) is 12.6. The molecule has 0 saturated carbocycles. The summed E-state index contributed by atoms with van der Waals surface area (Å²) >= 11 is 0. The molecule has 0 spiro atoms. The molecule has 0 aliphatic carbocycles. The van der Waals surface area contributed by atoms with Crippen molar-refractivity contribution in [2.75, 3.05) is 4.90 Å². The molecule has 0 unspecified atom stereocenters. The predicted molar refractivity (Wildman–Crippen MR) is 103 cm³/mol. The summed E-state index contributed by atoms with van der Waals surface area (Å²) in [7, 11) is 0. The zero-order chi connectivity index (χ0) is 18.3. The topological polar surface area (TPSA) is 49.4 Å². The van der Waals surface area contributed by atoms with Gasteiger partial charge in [-0.1, -0.05) is 54.6 Å². The van der Waals surface area contributed by atoms with E-state index in [1.165, 1.54) is 0 Å². The second-order valence-corrected chi connectivity index (χ2v) is 6.67. The molecule has 0 saturated heterocycles. The molecule has 3 aromatic carbocycles. The van der Waals surface area contributed by atoms with Crippen LogP contribution in [0.2, 0.25) is 0 Å². The fourth-order valence-corrected chi connectivity index (χ4v) is 3.60. The molecule has 0 radical (unpaired) electrons. The van der Waals surface area contributed by atoms with Gasteiger partial charge in [0.15, 0.2) is 0 Å². The van der Waals surface area contributed by atoms with Crippen molar-refractivity contribution in [3.8, 4) is 0 Å². The Morgan fingerprint density at radius 3 is 2.35 bits per heavy atom. The standard InChI is InChI=1S/C22H20N2O2/c1-14(16-8-4-3-5-9-16)23-21(25)15(2)24-19-13-7-11-17-10-6-12-18(20(17)19)22(24)26/h3-15H,1-2H3,(H,23,25)/t14-,15-/m1/s1. The van der Waals surface area contributed by atoms with Crippen molar-refractivity contribution < 1.29 is 9.59 Å². The van der Waals surface area contributed by atoms with Crippen LogP contribution >= 0.6 is 0 Å². The molecule has 2 amide bonds. The number of hydrogen-bond donors (Lipinski definition) is 1. The Balaban J connectivity index is 1.61. The van der Waals surface area contributed by atoms with E-state index in [0.29, 0.717) is 5.56 Å². The Kier molecular flexibility index (Phi) is 3.96. The van der Waals surface area contributed by atoms with Gasteiger partial charge in [-0.3, -0.25) is 14.5 Å². The van der Waals surface area contributed by atoms with Crippen molar-refractivity contribution in [2.45, 2.75) is 25.9 Å². The van der Waals surface area contributed by atoms with Crippen LogP contribution in [-0.4, -0.2) is 17.9 Å². The van der Waals surface area contributed by atoms with E-state index in [1.807, 2.05) is 73.7 Å². The Morgan fingerprint density at radius 2 is 1.62 bits per heavy atom. The molecule has 0 aromatic heterocycles. The molecule has 4 nitrogen and oxygen atoms in total. The van der Waals surface area contributed by atoms with Crippen molar-refractivity contribution in [1.82, 2.24) is 5.32 Å². The van der Waals surface area contributed by atoms with Crippen molar-refractivity contribution in [3.63, 3.8) is 0 Å². The van der Waals surface area contributed by atoms with E-state index in [-0.39, 0.29) is 17.9 Å². The largest absolute Gasteiger partial charge is 0.348 e. The van der Waals surface area contributed by atoms with Crippen LogP contribution in [0.5, 0.6) is 0 Å². The van der Waals surface area contributed by atoms with Crippen molar-refractivity contribution in [1.29, 1.82) is 0 Å². The van der Waals surface area contributed by atoms with Crippen LogP contribution in [0.25, 0.3) is 10.8 Å². The maximum Gasteiger partial charge on any atom is 0.259 e. The number of anilines is 1. The Hall–Kier alpha value is -3.14. The molecular formula is C22H20N2O2. The summed E-state index contributed by atoms with van der Waals surface area (Å²) in [6.45, 7) is 3.72. The van der Waals surface area contributed by atoms with Gasteiger partial charge in [0.05, 0.1) is 11.7 Å². The molecular weight excluding hydrogens is 324 g/mol. The summed E-state index contributed by atoms with van der Waals surface area (Å²) in [5.74, 6) is -0.286. The third-order valence-corrected chi connectivity index (χ3v) is 5.02. The summed E-state index contributed by atoms with van der Waals surface area (Å²) in [5, 5.41) is 4.96. The first kappa shape index (κ1) is 16.3. The minimum absolute atomic E-state index is 0.119. The number of benzene rings is 3. The molecule has 1 aliphatic heterocycles. The van der Waals surface area contributed by atoms with Crippen LogP contribution in [0, 0.1) is 0 Å². The first-order valence-electron chi connectivity index (χ1n) is 8.78. The molecule has 26 heavy (non-hydrogen) atoms. The molecule has 4 rings (SSSR count). The van der Waals surface area contributed by atoms with Gasteiger partial charge in [0, 0.05) is 10.9 Å². The predicted octanol–water partition coefficient (Wildman–Crippen LogP) is 4.07. The van der Waals surface area contributed by atoms with E-state index in [9.17, 15) is 9.59 Å². The summed E-state index contributed by atoms with van der Waals surface area (Å²) in [6.07, 6.45) is 0. The monoisotopic (exact) mass is 344 g/mol. The Labute approximate surface area is 152 Å². The van der Waals surface area contributed by atoms with Crippen LogP contribution in [0.3, 0.4) is 0 Å². The maximum absolute atomic E-state index is 12.9. The lowest BCUT2D eigenvalue weighted by atomic mass is 10.1. The molecule has 130 valence electrons. The van der Waals surface area contributed by atoms with E-state index in [0.717, 1.165) is 22.0 Å². The Bertz CT molecular complexity index is 992. The van der Waals surface area contributed by atoms with Gasteiger partial charge in [0.2, 0.25) is 5.91 Å². The lowest BCUT2D eigenvalue weighted by molar-refractivity contribution is -0.122. The number of nitrogens with one attached hydrogen (secondary N) is 1. The van der Waals surface area contributed by atoms with Crippen LogP contribution in [0.15, 0.2) is 66.7 Å². The zero-order valence-electron chi connectivity index (χ0n) is 14.8. The van der Waals surface area contributed by atoms with Gasteiger partial charge in [-0.2, -0.15) is 0 Å². The van der Waals surface area contributed by atoms with Gasteiger partial charge >= 0.3 is 0 Å². The van der Waals surface area contributed by atoms with Crippen molar-refractivity contribution in [3.05, 3.63) is 77.9 Å². The van der Waals surface area contributed by atoms with Gasteiger partial charge in [-0.15, -0.1) is 0 Å². The summed E-state index contributed by atoms with van der Waals surface area (Å²) in [4.78, 5) is 27.4. The number of rotatable bonds is 4. The molecule has 4 heteroatoms. The minimum atomic E-state index is -0.591. The van der Waals surface area contributed by atoms with Gasteiger partial charge in [0.1, 0.15) is 6.04 Å². The van der Waals surface area contributed by atoms with Crippen molar-refractivity contribution in [2.24, 2.45) is 0 Å². The summed E-state index contributed by atoms with van der Waals surface area (Å²) in [5.41, 5.74) is 2.50. The first-order valence-corrected chi connectivity index (χ1v) is 8.78. The van der Waals surface area contributed by atoms with Gasteiger partial charge < -0.3 is 5.32 Å². The summed E-state index contributed by atoms with van der Waals surface area (Å²) < 4.78 is 0. The lowest BCUT2D eigenvalue weighted by Gasteiger charge is -2.26. The third-order valence-electron chi connectivity index (χ3n) is 5.02. The maximum atomic E-state index is 12.9. The van der Waals surface area contributed by atoms with Crippen LogP contribution in [-0.2, 0) is 4.79 Å². The van der Waals surface area contributed by atoms with E-state index in [2.05, 4.69) is 5.32 Å². The van der Waals surface area contributed by atoms with Crippen molar-refractivity contribution >= 4 is 28.3 Å². The van der Waals surface area contributed by atoms with E-state index >= 15 is 0 Å². The molecule has 2 atom stereocenters. The number of carbonyl (C=O) groups is 2. The van der Waals surface area contributed by atoms with E-state index in [4.69, 9.17) is 0 Å². The SMILES string of the molecule is C[C@H](C(=O)N[C@H](C)c1ccccc1)N1C(=O)c2cccc3cccc1c23. The number of nitrogens with zero attached hydrogens (tertiary/aromatic N) is 1. The molecule has 1 aliphatic rings. The molecule has 3 aromatic rings. The molecule has 0 bridgehead atoms. The van der Waals surface area contributed by atoms with Gasteiger partial charge in [-0.05, 0) is 36.9 Å². The van der Waals surface area contributed by atoms with Gasteiger partial charge in [0.25, 0.3) is 5.91 Å². The zero-order valence-corrected chi connectivity index (χ0v) is 14.8. The second kappa shape index (κ2) is 6.30. The average molecular weight is 344 g/mol. The smallest absolute Gasteiger partial charge is 0.259 e. The fourth-order valence-electron chi connectivity index (χ4n) is 3.60. The normalized spacial score (nSPS) is 15.2. The highest BCUT2D eigenvalue weighted by Crippen LogP contribution is 2.38. The van der Waals surface area contributed by atoms with Crippen LogP contribution in [0.1, 0.15) is 35.8 Å². The number of carbonyl (C=O) groups excluding carboxylic acids is 2. The van der Waals surface area contributed by atoms with E-state index in [1.54, 1.807) is 11.8 Å². The average Bonchev–Trinajstić information content (AvgIpc) is 2.96. The van der Waals surface area contributed by atoms with Gasteiger partial charge in [-0.25, -0.2) is 0 Å². The number of amides is 2. The molecule has 1 N–H and O–H groups in total. The molecule has 1 heterocycles. The lowest BCUT2D eigenvalue weighted by Crippen LogP contribution is -2.47. The highest BCUT2D eigenvalue weighted by Gasteiger charge is 2.36. The van der Waals surface area contributed by atoms with Crippen LogP contribution < -0.4 is 10.2 Å². The third kappa shape index (κ3) is 2.54. The fraction of sp³-hybridized carbons (Fsp3) is 0.182. The quantitative estimate of drug-likeness (QED) is 0.776. The number of hydrogen-bond acceptors (Lipinski definition) is 2. The minimum Gasteiger partial charge on any atom is -0.348 e. The highest BCUT2D eigenvalue weighted by molar-refractivity contribution is 6.26.